The molecular formula is C15H30IN5. The zero-order chi connectivity index (χ0) is 15.0. The minimum absolute atomic E-state index is 0. The molecule has 5 nitrogen and oxygen atoms in total. The summed E-state index contributed by atoms with van der Waals surface area (Å²) in [7, 11) is 3.75. The van der Waals surface area contributed by atoms with E-state index < -0.39 is 0 Å². The molecule has 0 saturated heterocycles. The summed E-state index contributed by atoms with van der Waals surface area (Å²) in [6.45, 7) is 7.48. The minimum atomic E-state index is 0. The van der Waals surface area contributed by atoms with Gasteiger partial charge < -0.3 is 10.6 Å². The SMILES string of the molecule is CN=C(NCc1ccnn1C)NC(C)CCCC(C)C.I. The smallest absolute Gasteiger partial charge is 0.191 e. The second-order valence-corrected chi connectivity index (χ2v) is 5.74. The average Bonchev–Trinajstić information content (AvgIpc) is 2.79. The molecular weight excluding hydrogens is 377 g/mol. The lowest BCUT2D eigenvalue weighted by molar-refractivity contribution is 0.491. The van der Waals surface area contributed by atoms with E-state index in [2.05, 4.69) is 41.5 Å². The second-order valence-electron chi connectivity index (χ2n) is 5.74. The zero-order valence-corrected chi connectivity index (χ0v) is 16.2. The van der Waals surface area contributed by atoms with Crippen molar-refractivity contribution in [2.75, 3.05) is 7.05 Å². The Hall–Kier alpha value is -0.790. The highest BCUT2D eigenvalue weighted by atomic mass is 127. The van der Waals surface area contributed by atoms with E-state index in [1.165, 1.54) is 19.3 Å². The molecule has 1 atom stereocenters. The fourth-order valence-corrected chi connectivity index (χ4v) is 2.08. The normalized spacial score (nSPS) is 13.0. The molecule has 0 aliphatic carbocycles. The van der Waals surface area contributed by atoms with Gasteiger partial charge >= 0.3 is 0 Å². The van der Waals surface area contributed by atoms with E-state index in [-0.39, 0.29) is 24.0 Å². The molecule has 1 rings (SSSR count). The van der Waals surface area contributed by atoms with Crippen molar-refractivity contribution in [3.8, 4) is 0 Å². The Bertz CT molecular complexity index is 414. The zero-order valence-electron chi connectivity index (χ0n) is 13.9. The molecule has 0 fully saturated rings. The summed E-state index contributed by atoms with van der Waals surface area (Å²) in [5.41, 5.74) is 1.14. The molecule has 122 valence electrons. The number of guanidine groups is 1. The number of hydrogen-bond donors (Lipinski definition) is 2. The molecule has 0 saturated carbocycles. The first-order valence-electron chi connectivity index (χ1n) is 7.47. The maximum absolute atomic E-state index is 4.27. The predicted octanol–water partition coefficient (Wildman–Crippen LogP) is 2.92. The summed E-state index contributed by atoms with van der Waals surface area (Å²) in [5.74, 6) is 1.63. The van der Waals surface area contributed by atoms with Crippen molar-refractivity contribution < 1.29 is 0 Å². The van der Waals surface area contributed by atoms with Gasteiger partial charge in [-0.25, -0.2) is 0 Å². The van der Waals surface area contributed by atoms with Gasteiger partial charge in [-0.1, -0.05) is 26.7 Å². The van der Waals surface area contributed by atoms with Crippen LogP contribution in [0.3, 0.4) is 0 Å². The standard InChI is InChI=1S/C15H29N5.HI/c1-12(2)7-6-8-13(3)19-15(16-4)17-11-14-9-10-18-20(14)5;/h9-10,12-13H,6-8,11H2,1-5H3,(H2,16,17,19);1H. The van der Waals surface area contributed by atoms with Gasteiger partial charge in [-0.15, -0.1) is 24.0 Å². The third-order valence-corrected chi connectivity index (χ3v) is 3.38. The van der Waals surface area contributed by atoms with Crippen LogP contribution in [0.2, 0.25) is 0 Å². The number of rotatable bonds is 7. The fraction of sp³-hybridized carbons (Fsp3) is 0.733. The molecule has 2 N–H and O–H groups in total. The molecule has 0 radical (unpaired) electrons. The van der Waals surface area contributed by atoms with Crippen molar-refractivity contribution in [1.29, 1.82) is 0 Å². The van der Waals surface area contributed by atoms with Crippen LogP contribution >= 0.6 is 24.0 Å². The van der Waals surface area contributed by atoms with Crippen molar-refractivity contribution in [3.05, 3.63) is 18.0 Å². The van der Waals surface area contributed by atoms with Crippen LogP contribution < -0.4 is 10.6 Å². The van der Waals surface area contributed by atoms with Crippen LogP contribution in [0, 0.1) is 5.92 Å². The number of halogens is 1. The summed E-state index contributed by atoms with van der Waals surface area (Å²) < 4.78 is 1.87. The van der Waals surface area contributed by atoms with Gasteiger partial charge in [-0.2, -0.15) is 5.10 Å². The van der Waals surface area contributed by atoms with Gasteiger partial charge in [-0.3, -0.25) is 9.67 Å². The lowest BCUT2D eigenvalue weighted by atomic mass is 10.0. The molecule has 1 aromatic rings. The Balaban J connectivity index is 0.00000400. The summed E-state index contributed by atoms with van der Waals surface area (Å²) >= 11 is 0. The highest BCUT2D eigenvalue weighted by molar-refractivity contribution is 14.0. The second kappa shape index (κ2) is 10.9. The molecule has 1 heterocycles. The van der Waals surface area contributed by atoms with Crippen LogP contribution in [0.15, 0.2) is 17.3 Å². The molecule has 1 aromatic heterocycles. The van der Waals surface area contributed by atoms with Crippen LogP contribution in [0.5, 0.6) is 0 Å². The van der Waals surface area contributed by atoms with Crippen LogP contribution in [-0.2, 0) is 13.6 Å². The monoisotopic (exact) mass is 407 g/mol. The Labute approximate surface area is 146 Å². The number of nitrogens with zero attached hydrogens (tertiary/aromatic N) is 3. The fourth-order valence-electron chi connectivity index (χ4n) is 2.08. The Kier molecular flexibility index (Phi) is 10.5. The van der Waals surface area contributed by atoms with E-state index >= 15 is 0 Å². The van der Waals surface area contributed by atoms with Gasteiger partial charge in [0.25, 0.3) is 0 Å². The van der Waals surface area contributed by atoms with E-state index in [9.17, 15) is 0 Å². The van der Waals surface area contributed by atoms with Gasteiger partial charge in [0, 0.05) is 26.3 Å². The molecule has 0 aliphatic rings. The Morgan fingerprint density at radius 2 is 2.05 bits per heavy atom. The predicted molar refractivity (Wildman–Crippen MR) is 100 cm³/mol. The number of hydrogen-bond acceptors (Lipinski definition) is 2. The summed E-state index contributed by atoms with van der Waals surface area (Å²) in [5, 5.41) is 10.9. The van der Waals surface area contributed by atoms with E-state index in [0.717, 1.165) is 24.1 Å². The number of aromatic nitrogens is 2. The minimum Gasteiger partial charge on any atom is -0.354 e. The van der Waals surface area contributed by atoms with E-state index in [4.69, 9.17) is 0 Å². The molecule has 1 unspecified atom stereocenters. The van der Waals surface area contributed by atoms with Gasteiger partial charge in [0.05, 0.1) is 12.2 Å². The number of aryl methyl sites for hydroxylation is 1. The van der Waals surface area contributed by atoms with E-state index in [1.54, 1.807) is 7.05 Å². The van der Waals surface area contributed by atoms with Crippen LogP contribution in [-0.4, -0.2) is 28.8 Å². The topological polar surface area (TPSA) is 54.2 Å². The lowest BCUT2D eigenvalue weighted by Gasteiger charge is -2.18. The van der Waals surface area contributed by atoms with Crippen molar-refractivity contribution >= 4 is 29.9 Å². The highest BCUT2D eigenvalue weighted by Crippen LogP contribution is 2.08. The average molecular weight is 407 g/mol. The first kappa shape index (κ1) is 20.2. The van der Waals surface area contributed by atoms with Crippen molar-refractivity contribution in [3.63, 3.8) is 0 Å². The lowest BCUT2D eigenvalue weighted by Crippen LogP contribution is -2.42. The van der Waals surface area contributed by atoms with Crippen LogP contribution in [0.1, 0.15) is 45.7 Å². The van der Waals surface area contributed by atoms with E-state index in [0.29, 0.717) is 6.04 Å². The molecule has 0 spiro atoms. The van der Waals surface area contributed by atoms with Gasteiger partial charge in [-0.05, 0) is 25.3 Å². The van der Waals surface area contributed by atoms with Crippen molar-refractivity contribution in [2.24, 2.45) is 18.0 Å². The number of aliphatic imine (C=N–C) groups is 1. The maximum atomic E-state index is 4.27. The summed E-state index contributed by atoms with van der Waals surface area (Å²) in [6, 6.07) is 2.44. The molecule has 0 aromatic carbocycles. The molecule has 0 bridgehead atoms. The first-order chi connectivity index (χ1) is 9.52. The molecule has 0 aliphatic heterocycles. The van der Waals surface area contributed by atoms with Crippen LogP contribution in [0.25, 0.3) is 0 Å². The Morgan fingerprint density at radius 3 is 2.57 bits per heavy atom. The largest absolute Gasteiger partial charge is 0.354 e. The van der Waals surface area contributed by atoms with Gasteiger partial charge in [0.1, 0.15) is 0 Å². The van der Waals surface area contributed by atoms with Gasteiger partial charge in [0.15, 0.2) is 5.96 Å². The summed E-state index contributed by atoms with van der Waals surface area (Å²) in [6.07, 6.45) is 5.52. The van der Waals surface area contributed by atoms with Crippen molar-refractivity contribution in [1.82, 2.24) is 20.4 Å². The molecule has 0 amide bonds. The molecule has 6 heteroatoms. The van der Waals surface area contributed by atoms with Gasteiger partial charge in [0.2, 0.25) is 0 Å². The number of nitrogens with one attached hydrogen (secondary N) is 2. The third-order valence-electron chi connectivity index (χ3n) is 3.38. The van der Waals surface area contributed by atoms with E-state index in [1.807, 2.05) is 24.0 Å². The van der Waals surface area contributed by atoms with Crippen molar-refractivity contribution in [2.45, 2.75) is 52.6 Å². The third kappa shape index (κ3) is 8.28. The molecule has 21 heavy (non-hydrogen) atoms. The quantitative estimate of drug-likeness (QED) is 0.415. The maximum Gasteiger partial charge on any atom is 0.191 e. The van der Waals surface area contributed by atoms with Crippen LogP contribution in [0.4, 0.5) is 0 Å². The Morgan fingerprint density at radius 1 is 1.33 bits per heavy atom. The summed E-state index contributed by atoms with van der Waals surface area (Å²) in [4.78, 5) is 4.27. The first-order valence-corrected chi connectivity index (χ1v) is 7.47. The highest BCUT2D eigenvalue weighted by Gasteiger charge is 2.06.